The van der Waals surface area contributed by atoms with Crippen LogP contribution < -0.4 is 11.1 Å². The van der Waals surface area contributed by atoms with Crippen molar-refractivity contribution < 1.29 is 4.79 Å². The first-order valence-corrected chi connectivity index (χ1v) is 9.21. The van der Waals surface area contributed by atoms with E-state index >= 15 is 0 Å². The summed E-state index contributed by atoms with van der Waals surface area (Å²) in [5.41, 5.74) is 8.57. The standard InChI is InChI=1S/C19H17N5OS/c20-9-13-8-14(10-21)19(24-18(13)22)26-11-17(25)23-16-7-3-5-12-4-1-2-6-15(12)16/h1-2,4,6,8,16H,3,5,7,11H2,(H2,22,24)(H,23,25)/t16-/m0/s1. The Morgan fingerprint density at radius 3 is 2.85 bits per heavy atom. The molecule has 0 aliphatic heterocycles. The smallest absolute Gasteiger partial charge is 0.230 e. The maximum absolute atomic E-state index is 12.4. The van der Waals surface area contributed by atoms with Crippen LogP contribution in [0.1, 0.15) is 41.1 Å². The minimum absolute atomic E-state index is 0.0162. The Kier molecular flexibility index (Phi) is 5.40. The molecule has 26 heavy (non-hydrogen) atoms. The third-order valence-electron chi connectivity index (χ3n) is 4.30. The molecule has 2 aromatic rings. The third-order valence-corrected chi connectivity index (χ3v) is 5.29. The van der Waals surface area contributed by atoms with Gasteiger partial charge in [-0.25, -0.2) is 4.98 Å². The highest BCUT2D eigenvalue weighted by Gasteiger charge is 2.21. The lowest BCUT2D eigenvalue weighted by atomic mass is 9.88. The van der Waals surface area contributed by atoms with E-state index in [2.05, 4.69) is 22.4 Å². The van der Waals surface area contributed by atoms with Crippen LogP contribution in [0.3, 0.4) is 0 Å². The summed E-state index contributed by atoms with van der Waals surface area (Å²) in [4.78, 5) is 16.5. The van der Waals surface area contributed by atoms with Gasteiger partial charge >= 0.3 is 0 Å². The first-order chi connectivity index (χ1) is 12.6. The predicted octanol–water partition coefficient (Wildman–Crippen LogP) is 2.69. The van der Waals surface area contributed by atoms with E-state index < -0.39 is 0 Å². The van der Waals surface area contributed by atoms with Gasteiger partial charge in [-0.3, -0.25) is 4.79 Å². The summed E-state index contributed by atoms with van der Waals surface area (Å²) in [7, 11) is 0. The minimum atomic E-state index is -0.120. The minimum Gasteiger partial charge on any atom is -0.383 e. The largest absolute Gasteiger partial charge is 0.383 e. The van der Waals surface area contributed by atoms with Crippen molar-refractivity contribution in [2.45, 2.75) is 30.3 Å². The number of aromatic nitrogens is 1. The number of hydrogen-bond donors (Lipinski definition) is 2. The summed E-state index contributed by atoms with van der Waals surface area (Å²) in [5, 5.41) is 21.6. The maximum Gasteiger partial charge on any atom is 0.230 e. The Morgan fingerprint density at radius 2 is 2.08 bits per heavy atom. The average molecular weight is 363 g/mol. The Bertz CT molecular complexity index is 929. The van der Waals surface area contributed by atoms with Crippen LogP contribution in [-0.4, -0.2) is 16.6 Å². The summed E-state index contributed by atoms with van der Waals surface area (Å²) in [6.45, 7) is 0. The van der Waals surface area contributed by atoms with E-state index in [-0.39, 0.29) is 34.6 Å². The molecule has 7 heteroatoms. The van der Waals surface area contributed by atoms with Crippen LogP contribution in [0.25, 0.3) is 0 Å². The van der Waals surface area contributed by atoms with Gasteiger partial charge in [0.15, 0.2) is 0 Å². The fourth-order valence-corrected chi connectivity index (χ4v) is 3.84. The molecule has 0 bridgehead atoms. The fourth-order valence-electron chi connectivity index (χ4n) is 3.06. The van der Waals surface area contributed by atoms with Crippen molar-refractivity contribution >= 4 is 23.5 Å². The van der Waals surface area contributed by atoms with Crippen molar-refractivity contribution in [3.63, 3.8) is 0 Å². The third kappa shape index (κ3) is 3.79. The number of amides is 1. The second-order valence-corrected chi connectivity index (χ2v) is 6.96. The van der Waals surface area contributed by atoms with Gasteiger partial charge in [-0.15, -0.1) is 0 Å². The van der Waals surface area contributed by atoms with Gasteiger partial charge in [-0.05, 0) is 36.5 Å². The van der Waals surface area contributed by atoms with Gasteiger partial charge in [0.1, 0.15) is 23.0 Å². The number of hydrogen-bond acceptors (Lipinski definition) is 6. The van der Waals surface area contributed by atoms with Crippen LogP contribution in [-0.2, 0) is 11.2 Å². The Balaban J connectivity index is 1.67. The van der Waals surface area contributed by atoms with Crippen molar-refractivity contribution in [1.82, 2.24) is 10.3 Å². The molecule has 1 aliphatic carbocycles. The van der Waals surface area contributed by atoms with Crippen molar-refractivity contribution in [1.29, 1.82) is 10.5 Å². The number of carbonyl (C=O) groups is 1. The molecule has 6 nitrogen and oxygen atoms in total. The number of nitrogen functional groups attached to an aromatic ring is 1. The molecule has 1 amide bonds. The SMILES string of the molecule is N#Cc1cc(C#N)c(SCC(=O)N[C@H]2CCCc3ccccc32)nc1N. The number of thioether (sulfide) groups is 1. The van der Waals surface area contributed by atoms with E-state index in [1.807, 2.05) is 24.3 Å². The van der Waals surface area contributed by atoms with Crippen LogP contribution in [0.5, 0.6) is 0 Å². The maximum atomic E-state index is 12.4. The number of nitrogens with zero attached hydrogens (tertiary/aromatic N) is 3. The Hall–Kier alpha value is -3.03. The Labute approximate surface area is 156 Å². The summed E-state index contributed by atoms with van der Waals surface area (Å²) < 4.78 is 0. The number of fused-ring (bicyclic) bond motifs is 1. The fraction of sp³-hybridized carbons (Fsp3) is 0.263. The first kappa shape index (κ1) is 17.8. The van der Waals surface area contributed by atoms with E-state index in [0.29, 0.717) is 5.03 Å². The van der Waals surface area contributed by atoms with Crippen molar-refractivity contribution in [3.05, 3.63) is 52.6 Å². The number of rotatable bonds is 4. The highest BCUT2D eigenvalue weighted by Crippen LogP contribution is 2.30. The van der Waals surface area contributed by atoms with Crippen LogP contribution in [0.15, 0.2) is 35.4 Å². The normalized spacial score (nSPS) is 15.4. The molecule has 0 spiro atoms. The quantitative estimate of drug-likeness (QED) is 0.807. The lowest BCUT2D eigenvalue weighted by Crippen LogP contribution is -2.32. The van der Waals surface area contributed by atoms with Crippen LogP contribution >= 0.6 is 11.8 Å². The lowest BCUT2D eigenvalue weighted by Gasteiger charge is -2.26. The molecule has 0 fully saturated rings. The number of anilines is 1. The number of nitriles is 2. The topological polar surface area (TPSA) is 116 Å². The molecule has 0 saturated heterocycles. The zero-order chi connectivity index (χ0) is 18.5. The van der Waals surface area contributed by atoms with Crippen LogP contribution in [0, 0.1) is 22.7 Å². The second kappa shape index (κ2) is 7.90. The number of nitrogens with one attached hydrogen (secondary N) is 1. The van der Waals surface area contributed by atoms with E-state index in [1.54, 1.807) is 0 Å². The van der Waals surface area contributed by atoms with Crippen molar-refractivity contribution in [2.75, 3.05) is 11.5 Å². The summed E-state index contributed by atoms with van der Waals surface area (Å²) in [6.07, 6.45) is 3.00. The molecule has 0 saturated carbocycles. The number of carbonyl (C=O) groups excluding carboxylic acids is 1. The first-order valence-electron chi connectivity index (χ1n) is 8.23. The van der Waals surface area contributed by atoms with Crippen molar-refractivity contribution in [2.24, 2.45) is 0 Å². The highest BCUT2D eigenvalue weighted by atomic mass is 32.2. The van der Waals surface area contributed by atoms with Gasteiger partial charge in [0, 0.05) is 0 Å². The van der Waals surface area contributed by atoms with Crippen LogP contribution in [0.2, 0.25) is 0 Å². The van der Waals surface area contributed by atoms with Gasteiger partial charge in [-0.2, -0.15) is 10.5 Å². The molecular formula is C19H17N5OS. The number of pyridine rings is 1. The monoisotopic (exact) mass is 363 g/mol. The number of nitrogens with two attached hydrogens (primary N) is 1. The van der Waals surface area contributed by atoms with Crippen molar-refractivity contribution in [3.8, 4) is 12.1 Å². The second-order valence-electron chi connectivity index (χ2n) is 6.00. The molecule has 1 aromatic carbocycles. The van der Waals surface area contributed by atoms with Gasteiger partial charge in [0.25, 0.3) is 0 Å². The molecule has 1 heterocycles. The number of benzene rings is 1. The molecule has 1 aromatic heterocycles. The molecular weight excluding hydrogens is 346 g/mol. The lowest BCUT2D eigenvalue weighted by molar-refractivity contribution is -0.119. The van der Waals surface area contributed by atoms with E-state index in [4.69, 9.17) is 11.0 Å². The Morgan fingerprint density at radius 1 is 1.31 bits per heavy atom. The van der Waals surface area contributed by atoms with Gasteiger partial charge < -0.3 is 11.1 Å². The highest BCUT2D eigenvalue weighted by molar-refractivity contribution is 8.00. The molecule has 3 rings (SSSR count). The zero-order valence-electron chi connectivity index (χ0n) is 14.0. The van der Waals surface area contributed by atoms with E-state index in [9.17, 15) is 10.1 Å². The van der Waals surface area contributed by atoms with Crippen LogP contribution in [0.4, 0.5) is 5.82 Å². The molecule has 0 radical (unpaired) electrons. The zero-order valence-corrected chi connectivity index (χ0v) is 14.8. The molecule has 1 atom stereocenters. The number of aryl methyl sites for hydroxylation is 1. The molecule has 0 unspecified atom stereocenters. The predicted molar refractivity (Wildman–Crippen MR) is 99.1 cm³/mol. The van der Waals surface area contributed by atoms with Gasteiger partial charge in [-0.1, -0.05) is 36.0 Å². The molecule has 1 aliphatic rings. The van der Waals surface area contributed by atoms with E-state index in [0.717, 1.165) is 31.0 Å². The molecule has 3 N–H and O–H groups in total. The summed E-state index contributed by atoms with van der Waals surface area (Å²) in [6, 6.07) is 13.5. The van der Waals surface area contributed by atoms with E-state index in [1.165, 1.54) is 17.2 Å². The average Bonchev–Trinajstić information content (AvgIpc) is 2.66. The summed E-state index contributed by atoms with van der Waals surface area (Å²) in [5.74, 6) is 0.0760. The van der Waals surface area contributed by atoms with Gasteiger partial charge in [0.05, 0.1) is 22.9 Å². The summed E-state index contributed by atoms with van der Waals surface area (Å²) >= 11 is 1.15. The molecule has 130 valence electrons. The van der Waals surface area contributed by atoms with Gasteiger partial charge in [0.2, 0.25) is 5.91 Å².